The lowest BCUT2D eigenvalue weighted by Gasteiger charge is -2.34. The third kappa shape index (κ3) is 8.71. The Balaban J connectivity index is 1.79. The Morgan fingerprint density at radius 2 is 1.43 bits per heavy atom. The molecule has 4 aromatic carbocycles. The van der Waals surface area contributed by atoms with Crippen LogP contribution in [0.1, 0.15) is 31.4 Å². The first-order chi connectivity index (χ1) is 21.1. The molecule has 0 radical (unpaired) electrons. The fraction of sp³-hybridized carbons (Fsp3) is 0.235. The number of carbonyl (C=O) groups excluding carboxylic acids is 2. The number of hydrogen-bond donors (Lipinski definition) is 1. The highest BCUT2D eigenvalue weighted by molar-refractivity contribution is 9.10. The van der Waals surface area contributed by atoms with Crippen LogP contribution in [0, 0.1) is 0 Å². The molecule has 4 aromatic rings. The predicted molar refractivity (Wildman–Crippen MR) is 179 cm³/mol. The third-order valence-corrected chi connectivity index (χ3v) is 9.83. The number of nitrogens with zero attached hydrogens (tertiary/aromatic N) is 2. The van der Waals surface area contributed by atoms with E-state index in [1.807, 2.05) is 44.2 Å². The average molecular weight is 697 g/mol. The van der Waals surface area contributed by atoms with Crippen LogP contribution >= 0.6 is 27.5 Å². The van der Waals surface area contributed by atoms with Gasteiger partial charge in [-0.3, -0.25) is 13.9 Å². The number of sulfonamides is 1. The Bertz CT molecular complexity index is 1640. The van der Waals surface area contributed by atoms with Gasteiger partial charge in [-0.25, -0.2) is 8.42 Å². The summed E-state index contributed by atoms with van der Waals surface area (Å²) < 4.78 is 29.9. The summed E-state index contributed by atoms with van der Waals surface area (Å²) in [5, 5.41) is 3.58. The van der Waals surface area contributed by atoms with Crippen molar-refractivity contribution in [2.75, 3.05) is 10.8 Å². The molecule has 230 valence electrons. The second-order valence-corrected chi connectivity index (χ2v) is 13.7. The maximum absolute atomic E-state index is 14.4. The van der Waals surface area contributed by atoms with Crippen molar-refractivity contribution in [3.8, 4) is 0 Å². The molecular weight excluding hydrogens is 662 g/mol. The number of halogens is 2. The van der Waals surface area contributed by atoms with E-state index < -0.39 is 28.5 Å². The summed E-state index contributed by atoms with van der Waals surface area (Å²) >= 11 is 9.54. The molecule has 0 spiro atoms. The first kappa shape index (κ1) is 33.2. The summed E-state index contributed by atoms with van der Waals surface area (Å²) in [5.41, 5.74) is 1.94. The molecule has 0 aliphatic carbocycles. The number of anilines is 1. The molecule has 0 heterocycles. The van der Waals surface area contributed by atoms with E-state index in [9.17, 15) is 18.0 Å². The predicted octanol–water partition coefficient (Wildman–Crippen LogP) is 6.85. The van der Waals surface area contributed by atoms with Crippen molar-refractivity contribution >= 4 is 55.1 Å². The van der Waals surface area contributed by atoms with Crippen LogP contribution in [0.5, 0.6) is 0 Å². The first-order valence-corrected chi connectivity index (χ1v) is 16.9. The Hall–Kier alpha value is -3.66. The highest BCUT2D eigenvalue weighted by atomic mass is 79.9. The minimum atomic E-state index is -4.15. The van der Waals surface area contributed by atoms with Crippen molar-refractivity contribution in [3.63, 3.8) is 0 Å². The van der Waals surface area contributed by atoms with Crippen LogP contribution in [0.15, 0.2) is 119 Å². The molecule has 0 saturated carbocycles. The van der Waals surface area contributed by atoms with E-state index in [1.165, 1.54) is 17.0 Å². The van der Waals surface area contributed by atoms with Crippen LogP contribution in [0.4, 0.5) is 5.69 Å². The number of hydrogen-bond acceptors (Lipinski definition) is 4. The lowest BCUT2D eigenvalue weighted by atomic mass is 10.0. The third-order valence-electron chi connectivity index (χ3n) is 7.26. The van der Waals surface area contributed by atoms with E-state index in [0.29, 0.717) is 17.1 Å². The molecule has 0 aliphatic rings. The summed E-state index contributed by atoms with van der Waals surface area (Å²) in [4.78, 5) is 29.8. The van der Waals surface area contributed by atoms with Gasteiger partial charge >= 0.3 is 0 Å². The smallest absolute Gasteiger partial charge is 0.264 e. The molecule has 2 atom stereocenters. The van der Waals surface area contributed by atoms with E-state index in [2.05, 4.69) is 21.2 Å². The fourth-order valence-electron chi connectivity index (χ4n) is 4.64. The van der Waals surface area contributed by atoms with E-state index in [4.69, 9.17) is 11.6 Å². The zero-order valence-corrected chi connectivity index (χ0v) is 27.7. The summed E-state index contributed by atoms with van der Waals surface area (Å²) in [6.07, 6.45) is 0.952. The fourth-order valence-corrected chi connectivity index (χ4v) is 6.46. The maximum Gasteiger partial charge on any atom is 0.264 e. The van der Waals surface area contributed by atoms with Gasteiger partial charge in [0.15, 0.2) is 0 Å². The quantitative estimate of drug-likeness (QED) is 0.166. The number of amides is 2. The minimum Gasteiger partial charge on any atom is -0.352 e. The van der Waals surface area contributed by atoms with Gasteiger partial charge in [0.05, 0.1) is 10.6 Å². The summed E-state index contributed by atoms with van der Waals surface area (Å²) in [5.74, 6) is -0.839. The maximum atomic E-state index is 14.4. The SMILES string of the molecule is CC[C@H](C)NC(=O)[C@@H](Cc1ccccc1)N(Cc1ccc(Cl)cc1)C(=O)CN(c1ccc(Br)cc1)S(=O)(=O)c1ccccc1. The molecule has 0 unspecified atom stereocenters. The van der Waals surface area contributed by atoms with Gasteiger partial charge in [0.25, 0.3) is 10.0 Å². The van der Waals surface area contributed by atoms with Crippen molar-refractivity contribution in [2.24, 2.45) is 0 Å². The number of nitrogens with one attached hydrogen (secondary N) is 1. The van der Waals surface area contributed by atoms with Crippen molar-refractivity contribution in [1.29, 1.82) is 0 Å². The van der Waals surface area contributed by atoms with E-state index in [-0.39, 0.29) is 29.8 Å². The molecule has 1 N–H and O–H groups in total. The van der Waals surface area contributed by atoms with E-state index >= 15 is 0 Å². The van der Waals surface area contributed by atoms with Gasteiger partial charge in [-0.1, -0.05) is 95.1 Å². The standard InChI is InChI=1S/C34H35BrClN3O4S/c1-3-25(2)37-34(41)32(22-26-10-6-4-7-11-26)38(23-27-14-18-29(36)19-15-27)33(40)24-39(30-20-16-28(35)17-21-30)44(42,43)31-12-8-5-9-13-31/h4-21,25,32H,3,22-24H2,1-2H3,(H,37,41)/t25-,32+/m0/s1. The highest BCUT2D eigenvalue weighted by Gasteiger charge is 2.35. The second-order valence-electron chi connectivity index (χ2n) is 10.5. The molecule has 4 rings (SSSR count). The van der Waals surface area contributed by atoms with Crippen molar-refractivity contribution in [2.45, 2.75) is 50.2 Å². The number of carbonyl (C=O) groups is 2. The van der Waals surface area contributed by atoms with Gasteiger partial charge in [-0.15, -0.1) is 0 Å². The van der Waals surface area contributed by atoms with Gasteiger partial charge < -0.3 is 10.2 Å². The van der Waals surface area contributed by atoms with E-state index in [1.54, 1.807) is 66.7 Å². The van der Waals surface area contributed by atoms with Gasteiger partial charge in [-0.05, 0) is 73.0 Å². The first-order valence-electron chi connectivity index (χ1n) is 14.3. The topological polar surface area (TPSA) is 86.8 Å². The van der Waals surface area contributed by atoms with Crippen LogP contribution in [0.25, 0.3) is 0 Å². The molecule has 2 amide bonds. The molecule has 0 bridgehead atoms. The molecule has 0 aromatic heterocycles. The van der Waals surface area contributed by atoms with Gasteiger partial charge in [0, 0.05) is 28.5 Å². The zero-order chi connectivity index (χ0) is 31.7. The zero-order valence-electron chi connectivity index (χ0n) is 24.6. The summed E-state index contributed by atoms with van der Waals surface area (Å²) in [6, 6.07) is 30.2. The van der Waals surface area contributed by atoms with Crippen LogP contribution in [-0.4, -0.2) is 43.8 Å². The van der Waals surface area contributed by atoms with Crippen LogP contribution in [0.2, 0.25) is 5.02 Å². The lowest BCUT2D eigenvalue weighted by molar-refractivity contribution is -0.140. The molecular formula is C34H35BrClN3O4S. The van der Waals surface area contributed by atoms with E-state index in [0.717, 1.165) is 19.9 Å². The second kappa shape index (κ2) is 15.4. The van der Waals surface area contributed by atoms with Crippen LogP contribution in [-0.2, 0) is 32.6 Å². The van der Waals surface area contributed by atoms with Gasteiger partial charge in [0.2, 0.25) is 11.8 Å². The molecule has 0 fully saturated rings. The van der Waals surface area contributed by atoms with Crippen molar-refractivity contribution < 1.29 is 18.0 Å². The highest BCUT2D eigenvalue weighted by Crippen LogP contribution is 2.26. The molecule has 44 heavy (non-hydrogen) atoms. The Labute approximate surface area is 273 Å². The van der Waals surface area contributed by atoms with Gasteiger partial charge in [0.1, 0.15) is 12.6 Å². The number of rotatable bonds is 13. The monoisotopic (exact) mass is 695 g/mol. The molecule has 10 heteroatoms. The molecule has 0 saturated heterocycles. The summed E-state index contributed by atoms with van der Waals surface area (Å²) in [7, 11) is -4.15. The minimum absolute atomic E-state index is 0.0512. The Morgan fingerprint density at radius 3 is 2.02 bits per heavy atom. The number of benzene rings is 4. The normalized spacial score (nSPS) is 12.6. The van der Waals surface area contributed by atoms with Crippen molar-refractivity contribution in [3.05, 3.63) is 130 Å². The van der Waals surface area contributed by atoms with Gasteiger partial charge in [-0.2, -0.15) is 0 Å². The Kier molecular flexibility index (Phi) is 11.6. The van der Waals surface area contributed by atoms with Crippen LogP contribution in [0.3, 0.4) is 0 Å². The molecule has 7 nitrogen and oxygen atoms in total. The average Bonchev–Trinajstić information content (AvgIpc) is 3.03. The molecule has 0 aliphatic heterocycles. The Morgan fingerprint density at radius 1 is 0.841 bits per heavy atom. The van der Waals surface area contributed by atoms with Crippen molar-refractivity contribution in [1.82, 2.24) is 10.2 Å². The lowest BCUT2D eigenvalue weighted by Crippen LogP contribution is -2.54. The van der Waals surface area contributed by atoms with Crippen LogP contribution < -0.4 is 9.62 Å². The summed E-state index contributed by atoms with van der Waals surface area (Å²) in [6.45, 7) is 3.43. The largest absolute Gasteiger partial charge is 0.352 e.